The summed E-state index contributed by atoms with van der Waals surface area (Å²) in [5, 5.41) is 11.9. The topological polar surface area (TPSA) is 52.6 Å². The number of piperidine rings is 1. The summed E-state index contributed by atoms with van der Waals surface area (Å²) in [4.78, 5) is 13.9. The largest absolute Gasteiger partial charge is 0.396 e. The van der Waals surface area contributed by atoms with Gasteiger partial charge in [0, 0.05) is 26.1 Å². The average Bonchev–Trinajstić information content (AvgIpc) is 2.34. The second kappa shape index (κ2) is 7.63. The third-order valence-electron chi connectivity index (χ3n) is 3.22. The zero-order valence-corrected chi connectivity index (χ0v) is 10.2. The van der Waals surface area contributed by atoms with E-state index < -0.39 is 0 Å². The molecule has 2 N–H and O–H groups in total. The first-order valence-electron chi connectivity index (χ1n) is 6.32. The van der Waals surface area contributed by atoms with Gasteiger partial charge in [-0.25, -0.2) is 0 Å². The molecule has 1 heterocycles. The number of nitrogens with one attached hydrogen (secondary N) is 1. The molecule has 0 aromatic carbocycles. The standard InChI is InChI=1S/C12H24N2O2/c1-14(9-3-2-4-10-15)12(16)11-5-7-13-8-6-11/h11,13,15H,2-10H2,1H3. The van der Waals surface area contributed by atoms with Crippen LogP contribution in [0.15, 0.2) is 0 Å². The molecule has 1 rings (SSSR count). The van der Waals surface area contributed by atoms with Crippen molar-refractivity contribution < 1.29 is 9.90 Å². The van der Waals surface area contributed by atoms with Crippen molar-refractivity contribution in [3.63, 3.8) is 0 Å². The molecule has 0 atom stereocenters. The molecule has 0 aromatic rings. The van der Waals surface area contributed by atoms with Gasteiger partial charge in [-0.15, -0.1) is 0 Å². The zero-order chi connectivity index (χ0) is 11.8. The molecule has 4 nitrogen and oxygen atoms in total. The van der Waals surface area contributed by atoms with E-state index in [2.05, 4.69) is 5.32 Å². The SMILES string of the molecule is CN(CCCCCO)C(=O)C1CCNCC1. The Morgan fingerprint density at radius 3 is 2.62 bits per heavy atom. The lowest BCUT2D eigenvalue weighted by Gasteiger charge is -2.26. The van der Waals surface area contributed by atoms with Crippen LogP contribution in [0.25, 0.3) is 0 Å². The van der Waals surface area contributed by atoms with Crippen LogP contribution in [0.2, 0.25) is 0 Å². The molecule has 0 saturated carbocycles. The Hall–Kier alpha value is -0.610. The fraction of sp³-hybridized carbons (Fsp3) is 0.917. The van der Waals surface area contributed by atoms with Crippen molar-refractivity contribution in [2.45, 2.75) is 32.1 Å². The fourth-order valence-electron chi connectivity index (χ4n) is 2.13. The number of carbonyl (C=O) groups is 1. The van der Waals surface area contributed by atoms with Gasteiger partial charge in [0.25, 0.3) is 0 Å². The van der Waals surface area contributed by atoms with Crippen molar-refractivity contribution in [3.05, 3.63) is 0 Å². The van der Waals surface area contributed by atoms with E-state index in [0.717, 1.165) is 51.7 Å². The summed E-state index contributed by atoms with van der Waals surface area (Å²) >= 11 is 0. The second-order valence-electron chi connectivity index (χ2n) is 4.57. The Morgan fingerprint density at radius 2 is 2.00 bits per heavy atom. The molecule has 16 heavy (non-hydrogen) atoms. The van der Waals surface area contributed by atoms with Gasteiger partial charge in [-0.3, -0.25) is 4.79 Å². The number of nitrogens with zero attached hydrogens (tertiary/aromatic N) is 1. The normalized spacial score (nSPS) is 17.4. The molecule has 0 bridgehead atoms. The first-order chi connectivity index (χ1) is 7.75. The van der Waals surface area contributed by atoms with Gasteiger partial charge in [0.15, 0.2) is 0 Å². The van der Waals surface area contributed by atoms with E-state index in [1.807, 2.05) is 11.9 Å². The van der Waals surface area contributed by atoms with Crippen LogP contribution < -0.4 is 5.32 Å². The minimum atomic E-state index is 0.226. The Labute approximate surface area is 98.0 Å². The molecule has 0 unspecified atom stereocenters. The van der Waals surface area contributed by atoms with Gasteiger partial charge in [-0.05, 0) is 45.2 Å². The van der Waals surface area contributed by atoms with Crippen LogP contribution in [0, 0.1) is 5.92 Å². The van der Waals surface area contributed by atoms with Gasteiger partial charge in [0.05, 0.1) is 0 Å². The predicted octanol–water partition coefficient (Wildman–Crippen LogP) is 0.607. The number of hydrogen-bond acceptors (Lipinski definition) is 3. The summed E-state index contributed by atoms with van der Waals surface area (Å²) in [6.07, 6.45) is 4.78. The van der Waals surface area contributed by atoms with E-state index >= 15 is 0 Å². The van der Waals surface area contributed by atoms with Crippen LogP contribution in [0.5, 0.6) is 0 Å². The maximum Gasteiger partial charge on any atom is 0.225 e. The van der Waals surface area contributed by atoms with Crippen LogP contribution in [0.4, 0.5) is 0 Å². The predicted molar refractivity (Wildman–Crippen MR) is 64.2 cm³/mol. The number of carbonyl (C=O) groups excluding carboxylic acids is 1. The highest BCUT2D eigenvalue weighted by molar-refractivity contribution is 5.78. The molecule has 94 valence electrons. The lowest BCUT2D eigenvalue weighted by atomic mass is 9.96. The van der Waals surface area contributed by atoms with Gasteiger partial charge < -0.3 is 15.3 Å². The van der Waals surface area contributed by atoms with Gasteiger partial charge in [0.2, 0.25) is 5.91 Å². The smallest absolute Gasteiger partial charge is 0.225 e. The van der Waals surface area contributed by atoms with Crippen LogP contribution in [0.1, 0.15) is 32.1 Å². The Bertz CT molecular complexity index is 203. The summed E-state index contributed by atoms with van der Waals surface area (Å²) in [6, 6.07) is 0. The average molecular weight is 228 g/mol. The summed E-state index contributed by atoms with van der Waals surface area (Å²) < 4.78 is 0. The zero-order valence-electron chi connectivity index (χ0n) is 10.2. The van der Waals surface area contributed by atoms with Gasteiger partial charge >= 0.3 is 0 Å². The van der Waals surface area contributed by atoms with Crippen molar-refractivity contribution >= 4 is 5.91 Å². The molecule has 1 aliphatic heterocycles. The maximum atomic E-state index is 12.0. The molecule has 1 amide bonds. The Morgan fingerprint density at radius 1 is 1.31 bits per heavy atom. The van der Waals surface area contributed by atoms with Crippen molar-refractivity contribution in [2.75, 3.05) is 33.3 Å². The van der Waals surface area contributed by atoms with Crippen molar-refractivity contribution in [3.8, 4) is 0 Å². The van der Waals surface area contributed by atoms with E-state index in [9.17, 15) is 4.79 Å². The minimum absolute atomic E-state index is 0.226. The molecular weight excluding hydrogens is 204 g/mol. The molecule has 1 aliphatic rings. The summed E-state index contributed by atoms with van der Waals surface area (Å²) in [5.74, 6) is 0.523. The molecule has 1 saturated heterocycles. The molecule has 0 radical (unpaired) electrons. The first-order valence-corrected chi connectivity index (χ1v) is 6.32. The highest BCUT2D eigenvalue weighted by Crippen LogP contribution is 2.14. The van der Waals surface area contributed by atoms with Crippen LogP contribution >= 0.6 is 0 Å². The third kappa shape index (κ3) is 4.49. The van der Waals surface area contributed by atoms with Crippen LogP contribution in [-0.2, 0) is 4.79 Å². The minimum Gasteiger partial charge on any atom is -0.396 e. The molecule has 4 heteroatoms. The van der Waals surface area contributed by atoms with E-state index in [0.29, 0.717) is 5.91 Å². The monoisotopic (exact) mass is 228 g/mol. The number of amides is 1. The highest BCUT2D eigenvalue weighted by Gasteiger charge is 2.23. The number of aliphatic hydroxyl groups excluding tert-OH is 1. The lowest BCUT2D eigenvalue weighted by molar-refractivity contribution is -0.135. The summed E-state index contributed by atoms with van der Waals surface area (Å²) in [5.41, 5.74) is 0. The first kappa shape index (κ1) is 13.5. The van der Waals surface area contributed by atoms with Crippen molar-refractivity contribution in [1.82, 2.24) is 10.2 Å². The van der Waals surface area contributed by atoms with E-state index in [4.69, 9.17) is 5.11 Å². The van der Waals surface area contributed by atoms with Gasteiger partial charge in [-0.2, -0.15) is 0 Å². The number of aliphatic hydroxyl groups is 1. The van der Waals surface area contributed by atoms with Crippen LogP contribution in [-0.4, -0.2) is 49.2 Å². The van der Waals surface area contributed by atoms with E-state index in [-0.39, 0.29) is 12.5 Å². The highest BCUT2D eigenvalue weighted by atomic mass is 16.2. The van der Waals surface area contributed by atoms with Crippen LogP contribution in [0.3, 0.4) is 0 Å². The Balaban J connectivity index is 2.18. The van der Waals surface area contributed by atoms with E-state index in [1.165, 1.54) is 0 Å². The van der Waals surface area contributed by atoms with Gasteiger partial charge in [-0.1, -0.05) is 0 Å². The van der Waals surface area contributed by atoms with Crippen molar-refractivity contribution in [2.24, 2.45) is 5.92 Å². The number of hydrogen-bond donors (Lipinski definition) is 2. The molecule has 1 fully saturated rings. The molecule has 0 aliphatic carbocycles. The van der Waals surface area contributed by atoms with E-state index in [1.54, 1.807) is 0 Å². The fourth-order valence-corrected chi connectivity index (χ4v) is 2.13. The lowest BCUT2D eigenvalue weighted by Crippen LogP contribution is -2.39. The number of rotatable bonds is 6. The molecule has 0 spiro atoms. The summed E-state index contributed by atoms with van der Waals surface area (Å²) in [6.45, 7) is 3.01. The maximum absolute atomic E-state index is 12.0. The third-order valence-corrected chi connectivity index (χ3v) is 3.22. The Kier molecular flexibility index (Phi) is 6.42. The van der Waals surface area contributed by atoms with Crippen molar-refractivity contribution in [1.29, 1.82) is 0 Å². The number of unbranched alkanes of at least 4 members (excludes halogenated alkanes) is 2. The van der Waals surface area contributed by atoms with Gasteiger partial charge in [0.1, 0.15) is 0 Å². The summed E-state index contributed by atoms with van der Waals surface area (Å²) in [7, 11) is 1.89. The molecular formula is C12H24N2O2. The quantitative estimate of drug-likeness (QED) is 0.655. The molecule has 0 aromatic heterocycles. The second-order valence-corrected chi connectivity index (χ2v) is 4.57.